The van der Waals surface area contributed by atoms with Gasteiger partial charge in [-0.15, -0.1) is 19.7 Å². The second-order valence-electron chi connectivity index (χ2n) is 8.32. The summed E-state index contributed by atoms with van der Waals surface area (Å²) in [5.41, 5.74) is 0. The van der Waals surface area contributed by atoms with Gasteiger partial charge in [-0.05, 0) is 95.5 Å². The van der Waals surface area contributed by atoms with Gasteiger partial charge in [-0.2, -0.15) is 0 Å². The van der Waals surface area contributed by atoms with Crippen LogP contribution in [0.5, 0.6) is 0 Å². The minimum Gasteiger partial charge on any atom is -0.402 e. The minimum absolute atomic E-state index is 0.283. The van der Waals surface area contributed by atoms with Gasteiger partial charge in [0.15, 0.2) is 0 Å². The average Bonchev–Trinajstić information content (AvgIpc) is 2.76. The fraction of sp³-hybridized carbons (Fsp3) is 0.778. The molecule has 36 heavy (non-hydrogen) atoms. The van der Waals surface area contributed by atoms with Crippen molar-refractivity contribution >= 4 is 7.32 Å². The molecule has 0 radical (unpaired) electrons. The molecule has 9 heteroatoms. The molecule has 0 atom stereocenters. The summed E-state index contributed by atoms with van der Waals surface area (Å²) in [5.74, 6) is 0. The maximum Gasteiger partial charge on any atom is 0.631 e. The third kappa shape index (κ3) is 694. The Balaban J connectivity index is -0.0000000423. The molecule has 0 unspecified atom stereocenters. The third-order valence-corrected chi connectivity index (χ3v) is 1.93. The highest BCUT2D eigenvalue weighted by Crippen LogP contribution is 1.96. The van der Waals surface area contributed by atoms with Crippen molar-refractivity contribution < 1.29 is 25.3 Å². The standard InChI is InChI=1S/C6H14O2.3C4H8.3C3H9N.BH3O3/c7-5-3-1-2-4-6-8;3*1-3-4-2;3*1-4(2)3;2-1(3)4/h7-8H,1-6H2;3*3H,1,4H2,2H3;3*1-3H3;2-4H. The summed E-state index contributed by atoms with van der Waals surface area (Å²) >= 11 is 0. The molecule has 0 bridgehead atoms. The van der Waals surface area contributed by atoms with Crippen LogP contribution in [-0.4, -0.2) is 124 Å². The quantitative estimate of drug-likeness (QED) is 0.185. The highest BCUT2D eigenvalue weighted by Gasteiger charge is 1.92. The van der Waals surface area contributed by atoms with Crippen LogP contribution in [0.1, 0.15) is 65.7 Å². The topological polar surface area (TPSA) is 111 Å². The van der Waals surface area contributed by atoms with Gasteiger partial charge in [-0.3, -0.25) is 0 Å². The van der Waals surface area contributed by atoms with Crippen LogP contribution < -0.4 is 0 Å². The fourth-order valence-corrected chi connectivity index (χ4v) is 0.577. The van der Waals surface area contributed by atoms with E-state index in [0.717, 1.165) is 44.9 Å². The molecule has 0 aliphatic rings. The molecule has 224 valence electrons. The molecule has 0 heterocycles. The van der Waals surface area contributed by atoms with Crippen LogP contribution in [0.25, 0.3) is 0 Å². The molecule has 8 nitrogen and oxygen atoms in total. The lowest BCUT2D eigenvalue weighted by Gasteiger charge is -1.93. The molecular formula is C27H68BN3O5. The van der Waals surface area contributed by atoms with Crippen molar-refractivity contribution in [1.29, 1.82) is 0 Å². The van der Waals surface area contributed by atoms with Gasteiger partial charge in [0, 0.05) is 13.2 Å². The lowest BCUT2D eigenvalue weighted by atomic mass is 10.2. The molecule has 5 N–H and O–H groups in total. The fourth-order valence-electron chi connectivity index (χ4n) is 0.577. The van der Waals surface area contributed by atoms with Crippen molar-refractivity contribution in [2.45, 2.75) is 65.7 Å². The van der Waals surface area contributed by atoms with Gasteiger partial charge in [0.25, 0.3) is 0 Å². The molecule has 0 saturated heterocycles. The van der Waals surface area contributed by atoms with Gasteiger partial charge < -0.3 is 40.0 Å². The largest absolute Gasteiger partial charge is 0.631 e. The van der Waals surface area contributed by atoms with E-state index >= 15 is 0 Å². The molecule has 0 saturated carbocycles. The van der Waals surface area contributed by atoms with E-state index in [1.54, 1.807) is 0 Å². The van der Waals surface area contributed by atoms with Gasteiger partial charge >= 0.3 is 7.32 Å². The lowest BCUT2D eigenvalue weighted by molar-refractivity contribution is 0.265. The first-order chi connectivity index (χ1) is 16.6. The summed E-state index contributed by atoms with van der Waals surface area (Å²) < 4.78 is 0. The van der Waals surface area contributed by atoms with Gasteiger partial charge in [0.2, 0.25) is 0 Å². The van der Waals surface area contributed by atoms with E-state index in [1.165, 1.54) is 0 Å². The van der Waals surface area contributed by atoms with Crippen LogP contribution in [0.3, 0.4) is 0 Å². The summed E-state index contributed by atoms with van der Waals surface area (Å²) in [6.45, 7) is 17.2. The molecule has 0 aliphatic heterocycles. The Hall–Kier alpha value is -1.04. The van der Waals surface area contributed by atoms with Gasteiger partial charge in [0.1, 0.15) is 0 Å². The van der Waals surface area contributed by atoms with E-state index in [1.807, 2.05) is 96.4 Å². The Morgan fingerprint density at radius 2 is 0.611 bits per heavy atom. The Bertz CT molecular complexity index is 262. The summed E-state index contributed by atoms with van der Waals surface area (Å²) in [6.07, 6.45) is 12.7. The number of aliphatic hydroxyl groups is 2. The predicted octanol–water partition coefficient (Wildman–Crippen LogP) is 3.76. The number of hydrogen-bond donors (Lipinski definition) is 5. The van der Waals surface area contributed by atoms with Crippen molar-refractivity contribution in [3.05, 3.63) is 38.0 Å². The molecule has 0 aromatic carbocycles. The first-order valence-corrected chi connectivity index (χ1v) is 12.5. The lowest BCUT2D eigenvalue weighted by Crippen LogP contribution is -2.07. The summed E-state index contributed by atoms with van der Waals surface area (Å²) in [4.78, 5) is 6.00. The number of allylic oxidation sites excluding steroid dienone is 3. The van der Waals surface area contributed by atoms with Gasteiger partial charge in [-0.25, -0.2) is 0 Å². The summed E-state index contributed by atoms with van der Waals surface area (Å²) in [6, 6.07) is 0. The zero-order valence-electron chi connectivity index (χ0n) is 26.4. The first kappa shape index (κ1) is 55.5. The normalized spacial score (nSPS) is 8.00. The van der Waals surface area contributed by atoms with Gasteiger partial charge in [-0.1, -0.05) is 51.8 Å². The molecule has 0 aromatic heterocycles. The van der Waals surface area contributed by atoms with E-state index in [0.29, 0.717) is 0 Å². The Labute approximate surface area is 227 Å². The van der Waals surface area contributed by atoms with Crippen molar-refractivity contribution in [1.82, 2.24) is 14.7 Å². The Morgan fingerprint density at radius 1 is 0.500 bits per heavy atom. The monoisotopic (exact) mass is 526 g/mol. The smallest absolute Gasteiger partial charge is 0.402 e. The molecule has 0 spiro atoms. The zero-order chi connectivity index (χ0) is 30.8. The number of nitrogens with zero attached hydrogens (tertiary/aromatic N) is 3. The maximum atomic E-state index is 8.30. The second kappa shape index (κ2) is 70.0. The Morgan fingerprint density at radius 3 is 0.667 bits per heavy atom. The molecule has 0 fully saturated rings. The molecule has 0 rings (SSSR count). The van der Waals surface area contributed by atoms with E-state index < -0.39 is 7.32 Å². The van der Waals surface area contributed by atoms with Crippen molar-refractivity contribution in [3.8, 4) is 0 Å². The molecule has 0 aromatic rings. The van der Waals surface area contributed by atoms with Crippen LogP contribution in [-0.2, 0) is 0 Å². The minimum atomic E-state index is -2.17. The van der Waals surface area contributed by atoms with E-state index in [4.69, 9.17) is 25.3 Å². The highest BCUT2D eigenvalue weighted by molar-refractivity contribution is 6.30. The number of unbranched alkanes of at least 4 members (excludes halogenated alkanes) is 3. The first-order valence-electron chi connectivity index (χ1n) is 12.5. The van der Waals surface area contributed by atoms with Crippen molar-refractivity contribution in [2.24, 2.45) is 0 Å². The van der Waals surface area contributed by atoms with Crippen LogP contribution in [0, 0.1) is 0 Å². The van der Waals surface area contributed by atoms with Crippen LogP contribution >= 0.6 is 0 Å². The zero-order valence-corrected chi connectivity index (χ0v) is 26.4. The Kier molecular flexibility index (Phi) is 108. The summed E-state index contributed by atoms with van der Waals surface area (Å²) in [5, 5.41) is 38.1. The van der Waals surface area contributed by atoms with Crippen LogP contribution in [0.2, 0.25) is 0 Å². The van der Waals surface area contributed by atoms with Gasteiger partial charge in [0.05, 0.1) is 0 Å². The molecular weight excluding hydrogens is 457 g/mol. The van der Waals surface area contributed by atoms with Crippen molar-refractivity contribution in [2.75, 3.05) is 76.6 Å². The van der Waals surface area contributed by atoms with Crippen LogP contribution in [0.15, 0.2) is 38.0 Å². The number of hydrogen-bond acceptors (Lipinski definition) is 8. The second-order valence-corrected chi connectivity index (χ2v) is 8.32. The highest BCUT2D eigenvalue weighted by atomic mass is 16.5. The predicted molar refractivity (Wildman–Crippen MR) is 165 cm³/mol. The SMILES string of the molecule is C=CCC.C=CCC.C=CCC.CN(C)C.CN(C)C.CN(C)C.OB(O)O.OCCCCCCO. The van der Waals surface area contributed by atoms with E-state index in [-0.39, 0.29) is 13.2 Å². The third-order valence-electron chi connectivity index (χ3n) is 1.93. The van der Waals surface area contributed by atoms with E-state index in [2.05, 4.69) is 40.5 Å². The molecule has 0 amide bonds. The van der Waals surface area contributed by atoms with Crippen LogP contribution in [0.4, 0.5) is 0 Å². The van der Waals surface area contributed by atoms with Crippen molar-refractivity contribution in [3.63, 3.8) is 0 Å². The maximum absolute atomic E-state index is 8.30. The average molecular weight is 526 g/mol. The molecule has 0 aliphatic carbocycles. The number of rotatable bonds is 8. The van der Waals surface area contributed by atoms with E-state index in [9.17, 15) is 0 Å². The number of aliphatic hydroxyl groups excluding tert-OH is 2. The summed E-state index contributed by atoms with van der Waals surface area (Å²) in [7, 11) is 15.8.